The topological polar surface area (TPSA) is 50.1 Å². The molecule has 1 aliphatic rings. The standard InChI is InChI=1S/C13H15N3O/c1-16-12-5-6-14-8-11(12)15-13(16)9-3-2-4-10(17)7-9/h2-4,7,14,17H,5-6,8H2,1H3. The lowest BCUT2D eigenvalue weighted by Crippen LogP contribution is -2.24. The Hall–Kier alpha value is -1.81. The minimum Gasteiger partial charge on any atom is -0.508 e. The van der Waals surface area contributed by atoms with Gasteiger partial charge in [-0.1, -0.05) is 12.1 Å². The van der Waals surface area contributed by atoms with Crippen LogP contribution in [0.3, 0.4) is 0 Å². The number of imidazole rings is 1. The quantitative estimate of drug-likeness (QED) is 0.778. The molecule has 4 nitrogen and oxygen atoms in total. The molecule has 1 aromatic heterocycles. The van der Waals surface area contributed by atoms with Gasteiger partial charge in [-0.25, -0.2) is 4.98 Å². The molecule has 1 aromatic carbocycles. The number of hydrogen-bond acceptors (Lipinski definition) is 3. The van der Waals surface area contributed by atoms with E-state index in [1.54, 1.807) is 12.1 Å². The maximum atomic E-state index is 9.52. The van der Waals surface area contributed by atoms with Crippen LogP contribution in [0, 0.1) is 0 Å². The summed E-state index contributed by atoms with van der Waals surface area (Å²) in [6, 6.07) is 7.24. The van der Waals surface area contributed by atoms with Crippen molar-refractivity contribution in [3.05, 3.63) is 35.7 Å². The molecule has 1 aliphatic heterocycles. The fraction of sp³-hybridized carbons (Fsp3) is 0.308. The predicted octanol–water partition coefficient (Wildman–Crippen LogP) is 1.44. The molecule has 0 radical (unpaired) electrons. The molecular formula is C13H15N3O. The number of aromatic nitrogens is 2. The lowest BCUT2D eigenvalue weighted by atomic mass is 10.2. The Labute approximate surface area is 99.9 Å². The Balaban J connectivity index is 2.12. The van der Waals surface area contributed by atoms with Crippen LogP contribution in [-0.4, -0.2) is 21.2 Å². The number of fused-ring (bicyclic) bond motifs is 1. The zero-order chi connectivity index (χ0) is 11.8. The highest BCUT2D eigenvalue weighted by atomic mass is 16.3. The van der Waals surface area contributed by atoms with Crippen LogP contribution in [-0.2, 0) is 20.0 Å². The van der Waals surface area contributed by atoms with E-state index in [4.69, 9.17) is 0 Å². The monoisotopic (exact) mass is 229 g/mol. The second kappa shape index (κ2) is 3.89. The normalized spacial score (nSPS) is 14.6. The summed E-state index contributed by atoms with van der Waals surface area (Å²) in [5.74, 6) is 1.20. The Morgan fingerprint density at radius 2 is 2.29 bits per heavy atom. The molecule has 2 heterocycles. The molecule has 0 amide bonds. The first-order valence-corrected chi connectivity index (χ1v) is 5.80. The molecular weight excluding hydrogens is 214 g/mol. The van der Waals surface area contributed by atoms with Crippen molar-refractivity contribution < 1.29 is 5.11 Å². The maximum Gasteiger partial charge on any atom is 0.140 e. The van der Waals surface area contributed by atoms with Gasteiger partial charge in [0.15, 0.2) is 0 Å². The third kappa shape index (κ3) is 1.70. The highest BCUT2D eigenvalue weighted by molar-refractivity contribution is 5.59. The van der Waals surface area contributed by atoms with Gasteiger partial charge in [-0.3, -0.25) is 0 Å². The molecule has 17 heavy (non-hydrogen) atoms. The minimum absolute atomic E-state index is 0.279. The Bertz CT molecular complexity index is 560. The lowest BCUT2D eigenvalue weighted by molar-refractivity contribution is 0.475. The first-order valence-electron chi connectivity index (χ1n) is 5.80. The number of aromatic hydroxyl groups is 1. The van der Waals surface area contributed by atoms with Gasteiger partial charge in [-0.15, -0.1) is 0 Å². The highest BCUT2D eigenvalue weighted by Gasteiger charge is 2.18. The van der Waals surface area contributed by atoms with E-state index in [0.29, 0.717) is 0 Å². The molecule has 2 N–H and O–H groups in total. The molecule has 0 unspecified atom stereocenters. The summed E-state index contributed by atoms with van der Waals surface area (Å²) in [6.07, 6.45) is 1.01. The molecule has 0 fully saturated rings. The second-order valence-corrected chi connectivity index (χ2v) is 4.36. The summed E-state index contributed by atoms with van der Waals surface area (Å²) in [4.78, 5) is 4.65. The van der Waals surface area contributed by atoms with Crippen LogP contribution >= 0.6 is 0 Å². The van der Waals surface area contributed by atoms with E-state index in [1.807, 2.05) is 19.2 Å². The molecule has 0 atom stereocenters. The van der Waals surface area contributed by atoms with Gasteiger partial charge in [0.1, 0.15) is 11.6 Å². The van der Waals surface area contributed by atoms with E-state index in [9.17, 15) is 5.11 Å². The highest BCUT2D eigenvalue weighted by Crippen LogP contribution is 2.25. The van der Waals surface area contributed by atoms with Crippen molar-refractivity contribution in [2.45, 2.75) is 13.0 Å². The third-order valence-electron chi connectivity index (χ3n) is 3.23. The summed E-state index contributed by atoms with van der Waals surface area (Å²) in [6.45, 7) is 1.84. The molecule has 2 aromatic rings. The first-order chi connectivity index (χ1) is 8.25. The third-order valence-corrected chi connectivity index (χ3v) is 3.23. The van der Waals surface area contributed by atoms with Gasteiger partial charge in [-0.2, -0.15) is 0 Å². The van der Waals surface area contributed by atoms with E-state index >= 15 is 0 Å². The van der Waals surface area contributed by atoms with Gasteiger partial charge in [0.25, 0.3) is 0 Å². The molecule has 88 valence electrons. The van der Waals surface area contributed by atoms with Gasteiger partial charge < -0.3 is 15.0 Å². The van der Waals surface area contributed by atoms with E-state index < -0.39 is 0 Å². The number of rotatable bonds is 1. The number of hydrogen-bond donors (Lipinski definition) is 2. The van der Waals surface area contributed by atoms with Gasteiger partial charge in [0, 0.05) is 37.8 Å². The predicted molar refractivity (Wildman–Crippen MR) is 65.7 cm³/mol. The maximum absolute atomic E-state index is 9.52. The van der Waals surface area contributed by atoms with Crippen molar-refractivity contribution in [3.63, 3.8) is 0 Å². The summed E-state index contributed by atoms with van der Waals surface area (Å²) < 4.78 is 2.13. The molecule has 0 saturated heterocycles. The van der Waals surface area contributed by atoms with Gasteiger partial charge in [-0.05, 0) is 12.1 Å². The van der Waals surface area contributed by atoms with Crippen molar-refractivity contribution in [1.82, 2.24) is 14.9 Å². The van der Waals surface area contributed by atoms with Crippen LogP contribution in [0.2, 0.25) is 0 Å². The van der Waals surface area contributed by atoms with E-state index in [1.165, 1.54) is 5.69 Å². The number of phenols is 1. The summed E-state index contributed by atoms with van der Waals surface area (Å²) >= 11 is 0. The van der Waals surface area contributed by atoms with Crippen LogP contribution in [0.4, 0.5) is 0 Å². The van der Waals surface area contributed by atoms with Crippen LogP contribution in [0.15, 0.2) is 24.3 Å². The molecule has 4 heteroatoms. The zero-order valence-corrected chi connectivity index (χ0v) is 9.77. The van der Waals surface area contributed by atoms with Crippen molar-refractivity contribution >= 4 is 0 Å². The van der Waals surface area contributed by atoms with E-state index in [-0.39, 0.29) is 5.75 Å². The molecule has 0 bridgehead atoms. The molecule has 0 aliphatic carbocycles. The average molecular weight is 229 g/mol. The number of nitrogens with one attached hydrogen (secondary N) is 1. The van der Waals surface area contributed by atoms with Crippen molar-refractivity contribution in [1.29, 1.82) is 0 Å². The van der Waals surface area contributed by atoms with Crippen LogP contribution < -0.4 is 5.32 Å². The van der Waals surface area contributed by atoms with E-state index in [2.05, 4.69) is 14.9 Å². The Kier molecular flexibility index (Phi) is 2.37. The summed E-state index contributed by atoms with van der Waals surface area (Å²) in [7, 11) is 2.04. The fourth-order valence-electron chi connectivity index (χ4n) is 2.36. The largest absolute Gasteiger partial charge is 0.508 e. The Morgan fingerprint density at radius 3 is 3.06 bits per heavy atom. The number of phenolic OH excluding ortho intramolecular Hbond substituents is 1. The zero-order valence-electron chi connectivity index (χ0n) is 9.77. The van der Waals surface area contributed by atoms with Crippen molar-refractivity contribution in [2.75, 3.05) is 6.54 Å². The van der Waals surface area contributed by atoms with Crippen LogP contribution in [0.1, 0.15) is 11.4 Å². The molecule has 3 rings (SSSR count). The smallest absolute Gasteiger partial charge is 0.140 e. The number of benzene rings is 1. The minimum atomic E-state index is 0.279. The van der Waals surface area contributed by atoms with Gasteiger partial charge in [0.2, 0.25) is 0 Å². The van der Waals surface area contributed by atoms with Gasteiger partial charge in [0.05, 0.1) is 5.69 Å². The van der Waals surface area contributed by atoms with Crippen molar-refractivity contribution in [3.8, 4) is 17.1 Å². The van der Waals surface area contributed by atoms with Crippen LogP contribution in [0.25, 0.3) is 11.4 Å². The molecule has 0 spiro atoms. The lowest BCUT2D eigenvalue weighted by Gasteiger charge is -2.12. The van der Waals surface area contributed by atoms with E-state index in [0.717, 1.165) is 36.6 Å². The molecule has 0 saturated carbocycles. The summed E-state index contributed by atoms with van der Waals surface area (Å²) in [5, 5.41) is 12.8. The average Bonchev–Trinajstić information content (AvgIpc) is 2.68. The van der Waals surface area contributed by atoms with Crippen molar-refractivity contribution in [2.24, 2.45) is 7.05 Å². The van der Waals surface area contributed by atoms with Crippen LogP contribution in [0.5, 0.6) is 5.75 Å². The SMILES string of the molecule is Cn1c(-c2cccc(O)c2)nc2c1CCNC2. The summed E-state index contributed by atoms with van der Waals surface area (Å²) in [5.41, 5.74) is 3.38. The fourth-order valence-corrected chi connectivity index (χ4v) is 2.36. The first kappa shape index (κ1) is 10.4. The number of nitrogens with zero attached hydrogens (tertiary/aromatic N) is 2. The second-order valence-electron chi connectivity index (χ2n) is 4.36. The Morgan fingerprint density at radius 1 is 1.41 bits per heavy atom. The van der Waals surface area contributed by atoms with Gasteiger partial charge >= 0.3 is 0 Å².